The van der Waals surface area contributed by atoms with Crippen molar-refractivity contribution >= 4 is 17.3 Å². The minimum absolute atomic E-state index is 0.0926. The molecule has 0 aliphatic rings. The number of hydrogen-bond donors (Lipinski definition) is 1. The molecule has 1 atom stereocenters. The number of alkyl halides is 1. The Kier molecular flexibility index (Phi) is 2.18. The monoisotopic (exact) mass is 105 g/mol. The van der Waals surface area contributed by atoms with E-state index >= 15 is 0 Å². The third kappa shape index (κ3) is 2.21. The summed E-state index contributed by atoms with van der Waals surface area (Å²) < 4.78 is 0. The van der Waals surface area contributed by atoms with Crippen LogP contribution in [0.3, 0.4) is 0 Å². The van der Waals surface area contributed by atoms with Gasteiger partial charge in [0.05, 0.1) is 5.38 Å². The molecule has 36 valence electrons. The fourth-order valence-corrected chi connectivity index (χ4v) is 0. The molecule has 0 radical (unpaired) electrons. The van der Waals surface area contributed by atoms with Gasteiger partial charge in [-0.3, -0.25) is 0 Å². The molecule has 1 N–H and O–H groups in total. The van der Waals surface area contributed by atoms with Crippen LogP contribution in [-0.2, 0) is 0 Å². The first-order valence-electron chi connectivity index (χ1n) is 1.83. The van der Waals surface area contributed by atoms with Crippen molar-refractivity contribution in [2.75, 3.05) is 0 Å². The second-order valence-electron chi connectivity index (χ2n) is 1.30. The summed E-state index contributed by atoms with van der Waals surface area (Å²) in [7, 11) is 0. The van der Waals surface area contributed by atoms with Crippen molar-refractivity contribution in [3.05, 3.63) is 0 Å². The van der Waals surface area contributed by atoms with Crippen LogP contribution < -0.4 is 0 Å². The molecule has 0 bridgehead atoms. The van der Waals surface area contributed by atoms with Crippen LogP contribution >= 0.6 is 11.6 Å². The molecule has 0 amide bonds. The van der Waals surface area contributed by atoms with E-state index in [2.05, 4.69) is 0 Å². The van der Waals surface area contributed by atoms with Gasteiger partial charge < -0.3 is 5.41 Å². The Labute approximate surface area is 42.8 Å². The highest BCUT2D eigenvalue weighted by Gasteiger charge is 1.93. The highest BCUT2D eigenvalue weighted by Crippen LogP contribution is 1.92. The average molecular weight is 106 g/mol. The molecule has 2 heteroatoms. The van der Waals surface area contributed by atoms with Crippen LogP contribution in [0, 0.1) is 5.41 Å². The van der Waals surface area contributed by atoms with E-state index < -0.39 is 0 Å². The summed E-state index contributed by atoms with van der Waals surface area (Å²) in [5.74, 6) is 0. The normalized spacial score (nSPS) is 13.8. The molecule has 0 saturated heterocycles. The van der Waals surface area contributed by atoms with E-state index in [1.54, 1.807) is 13.8 Å². The Bertz CT molecular complexity index is 58.6. The van der Waals surface area contributed by atoms with Gasteiger partial charge in [-0.1, -0.05) is 0 Å². The lowest BCUT2D eigenvalue weighted by Gasteiger charge is -1.92. The van der Waals surface area contributed by atoms with Crippen LogP contribution in [0.15, 0.2) is 0 Å². The van der Waals surface area contributed by atoms with E-state index in [1.165, 1.54) is 0 Å². The molecule has 0 rings (SSSR count). The van der Waals surface area contributed by atoms with Crippen LogP contribution in [0.5, 0.6) is 0 Å². The van der Waals surface area contributed by atoms with Crippen LogP contribution in [0.25, 0.3) is 0 Å². The van der Waals surface area contributed by atoms with E-state index in [9.17, 15) is 0 Å². The van der Waals surface area contributed by atoms with Crippen molar-refractivity contribution in [1.29, 1.82) is 5.41 Å². The maximum atomic E-state index is 6.82. The van der Waals surface area contributed by atoms with Crippen LogP contribution in [0.4, 0.5) is 0 Å². The number of nitrogens with one attached hydrogen (secondary N) is 1. The first kappa shape index (κ1) is 5.96. The molecule has 0 heterocycles. The highest BCUT2D eigenvalue weighted by atomic mass is 35.5. The SMILES string of the molecule is CC(=N)C(C)Cl. The van der Waals surface area contributed by atoms with Crippen molar-refractivity contribution < 1.29 is 0 Å². The summed E-state index contributed by atoms with van der Waals surface area (Å²) in [6, 6.07) is 0. The minimum Gasteiger partial charge on any atom is -0.308 e. The molecule has 0 aliphatic carbocycles. The molecule has 1 nitrogen and oxygen atoms in total. The zero-order valence-electron chi connectivity index (χ0n) is 3.96. The molecule has 0 saturated carbocycles. The maximum absolute atomic E-state index is 6.82. The summed E-state index contributed by atoms with van der Waals surface area (Å²) in [4.78, 5) is 0. The first-order valence-corrected chi connectivity index (χ1v) is 2.27. The van der Waals surface area contributed by atoms with E-state index in [4.69, 9.17) is 17.0 Å². The quantitative estimate of drug-likeness (QED) is 0.387. The smallest absolute Gasteiger partial charge is 0.0680 e. The zero-order chi connectivity index (χ0) is 5.15. The van der Waals surface area contributed by atoms with Crippen molar-refractivity contribution in [1.82, 2.24) is 0 Å². The summed E-state index contributed by atoms with van der Waals surface area (Å²) >= 11 is 5.39. The van der Waals surface area contributed by atoms with Gasteiger partial charge in [0.15, 0.2) is 0 Å². The van der Waals surface area contributed by atoms with Gasteiger partial charge in [-0.2, -0.15) is 0 Å². The molecule has 0 fully saturated rings. The summed E-state index contributed by atoms with van der Waals surface area (Å²) in [5, 5.41) is 6.72. The van der Waals surface area contributed by atoms with E-state index in [-0.39, 0.29) is 5.38 Å². The molecular formula is C4H8ClN. The molecule has 6 heavy (non-hydrogen) atoms. The molecule has 0 spiro atoms. The fourth-order valence-electron chi connectivity index (χ4n) is 0. The Morgan fingerprint density at radius 3 is 2.00 bits per heavy atom. The number of hydrogen-bond acceptors (Lipinski definition) is 1. The second kappa shape index (κ2) is 2.19. The Hall–Kier alpha value is -0.0400. The molecular weight excluding hydrogens is 97.5 g/mol. The van der Waals surface area contributed by atoms with Crippen LogP contribution in [-0.4, -0.2) is 11.1 Å². The molecule has 1 unspecified atom stereocenters. The van der Waals surface area contributed by atoms with Gasteiger partial charge in [0.25, 0.3) is 0 Å². The van der Waals surface area contributed by atoms with Gasteiger partial charge in [0, 0.05) is 5.71 Å². The highest BCUT2D eigenvalue weighted by molar-refractivity contribution is 6.30. The summed E-state index contributed by atoms with van der Waals surface area (Å²) in [5.41, 5.74) is 0.525. The van der Waals surface area contributed by atoms with Gasteiger partial charge >= 0.3 is 0 Å². The molecule has 0 aromatic rings. The first-order chi connectivity index (χ1) is 2.64. The number of halogens is 1. The average Bonchev–Trinajstić information content (AvgIpc) is 1.36. The maximum Gasteiger partial charge on any atom is 0.0680 e. The Morgan fingerprint density at radius 1 is 1.83 bits per heavy atom. The third-order valence-electron chi connectivity index (χ3n) is 0.597. The topological polar surface area (TPSA) is 23.9 Å². The van der Waals surface area contributed by atoms with Gasteiger partial charge in [-0.05, 0) is 13.8 Å². The van der Waals surface area contributed by atoms with Gasteiger partial charge in [0.1, 0.15) is 0 Å². The molecule has 0 aromatic heterocycles. The predicted molar refractivity (Wildman–Crippen MR) is 28.7 cm³/mol. The lowest BCUT2D eigenvalue weighted by atomic mass is 10.3. The standard InChI is InChI=1S/C4H8ClN/c1-3(5)4(2)6/h3,6H,1-2H3. The van der Waals surface area contributed by atoms with Crippen molar-refractivity contribution in [3.63, 3.8) is 0 Å². The van der Waals surface area contributed by atoms with Crippen LogP contribution in [0.2, 0.25) is 0 Å². The van der Waals surface area contributed by atoms with E-state index in [0.29, 0.717) is 5.71 Å². The lowest BCUT2D eigenvalue weighted by Crippen LogP contribution is -2.01. The van der Waals surface area contributed by atoms with Gasteiger partial charge in [-0.25, -0.2) is 0 Å². The molecule has 0 aromatic carbocycles. The van der Waals surface area contributed by atoms with Gasteiger partial charge in [0.2, 0.25) is 0 Å². The van der Waals surface area contributed by atoms with E-state index in [1.807, 2.05) is 0 Å². The Morgan fingerprint density at radius 2 is 2.00 bits per heavy atom. The van der Waals surface area contributed by atoms with Crippen molar-refractivity contribution in [2.45, 2.75) is 19.2 Å². The largest absolute Gasteiger partial charge is 0.308 e. The minimum atomic E-state index is -0.0926. The van der Waals surface area contributed by atoms with Gasteiger partial charge in [-0.15, -0.1) is 11.6 Å². The lowest BCUT2D eigenvalue weighted by molar-refractivity contribution is 1.23. The molecule has 0 aliphatic heterocycles. The van der Waals surface area contributed by atoms with E-state index in [0.717, 1.165) is 0 Å². The zero-order valence-corrected chi connectivity index (χ0v) is 4.71. The summed E-state index contributed by atoms with van der Waals surface area (Å²) in [6.07, 6.45) is 0. The van der Waals surface area contributed by atoms with Crippen LogP contribution in [0.1, 0.15) is 13.8 Å². The number of rotatable bonds is 1. The fraction of sp³-hybridized carbons (Fsp3) is 0.750. The van der Waals surface area contributed by atoms with Crippen molar-refractivity contribution in [2.24, 2.45) is 0 Å². The Balaban J connectivity index is 3.26. The third-order valence-corrected chi connectivity index (χ3v) is 0.924. The van der Waals surface area contributed by atoms with Crippen molar-refractivity contribution in [3.8, 4) is 0 Å². The summed E-state index contributed by atoms with van der Waals surface area (Å²) in [6.45, 7) is 3.47. The predicted octanol–water partition coefficient (Wildman–Crippen LogP) is 1.65. The second-order valence-corrected chi connectivity index (χ2v) is 1.95.